The summed E-state index contributed by atoms with van der Waals surface area (Å²) in [5, 5.41) is 23.1. The molecule has 24 heavy (non-hydrogen) atoms. The standard InChI is InChI=1S/C18H25N3O2S/c1-21(10-15(22)12-7-8-12)11-17(23)20-18-14(9-19)13-5-3-2-4-6-16(13)24-18/h12,15,22H,2-8,10-11H2,1H3,(H,20,23). The van der Waals surface area contributed by atoms with Crippen molar-refractivity contribution in [2.24, 2.45) is 5.92 Å². The molecule has 1 unspecified atom stereocenters. The van der Waals surface area contributed by atoms with Gasteiger partial charge in [0, 0.05) is 11.4 Å². The molecule has 1 heterocycles. The van der Waals surface area contributed by atoms with Crippen LogP contribution in [0.25, 0.3) is 0 Å². The average Bonchev–Trinajstić information content (AvgIpc) is 3.34. The number of hydrogen-bond donors (Lipinski definition) is 2. The van der Waals surface area contributed by atoms with Crippen LogP contribution in [0.5, 0.6) is 0 Å². The van der Waals surface area contributed by atoms with Gasteiger partial charge in [-0.1, -0.05) is 6.42 Å². The van der Waals surface area contributed by atoms with E-state index in [4.69, 9.17) is 0 Å². The van der Waals surface area contributed by atoms with Crippen LogP contribution >= 0.6 is 11.3 Å². The van der Waals surface area contributed by atoms with Gasteiger partial charge in [0.2, 0.25) is 5.91 Å². The van der Waals surface area contributed by atoms with E-state index in [0.717, 1.165) is 44.1 Å². The lowest BCUT2D eigenvalue weighted by molar-refractivity contribution is -0.117. The molecule has 0 saturated heterocycles. The van der Waals surface area contributed by atoms with Gasteiger partial charge < -0.3 is 10.4 Å². The highest BCUT2D eigenvalue weighted by Gasteiger charge is 2.30. The molecule has 0 radical (unpaired) electrons. The molecule has 0 spiro atoms. The number of thiophene rings is 1. The summed E-state index contributed by atoms with van der Waals surface area (Å²) in [6.45, 7) is 0.751. The van der Waals surface area contributed by atoms with Crippen molar-refractivity contribution in [2.75, 3.05) is 25.5 Å². The molecule has 5 nitrogen and oxygen atoms in total. The first kappa shape index (κ1) is 17.4. The summed E-state index contributed by atoms with van der Waals surface area (Å²) in [7, 11) is 1.85. The van der Waals surface area contributed by atoms with Gasteiger partial charge in [0.25, 0.3) is 0 Å². The molecule has 1 amide bonds. The average molecular weight is 347 g/mol. The highest BCUT2D eigenvalue weighted by atomic mass is 32.1. The number of aliphatic hydroxyl groups excluding tert-OH is 1. The summed E-state index contributed by atoms with van der Waals surface area (Å²) in [4.78, 5) is 15.4. The van der Waals surface area contributed by atoms with Gasteiger partial charge in [-0.15, -0.1) is 11.3 Å². The summed E-state index contributed by atoms with van der Waals surface area (Å²) in [5.74, 6) is 0.294. The molecule has 130 valence electrons. The number of amides is 1. The van der Waals surface area contributed by atoms with Crippen LogP contribution in [-0.2, 0) is 17.6 Å². The lowest BCUT2D eigenvalue weighted by Crippen LogP contribution is -2.36. The highest BCUT2D eigenvalue weighted by molar-refractivity contribution is 7.16. The second kappa shape index (κ2) is 7.64. The monoisotopic (exact) mass is 347 g/mol. The number of carbonyl (C=O) groups is 1. The van der Waals surface area contributed by atoms with E-state index in [-0.39, 0.29) is 18.6 Å². The summed E-state index contributed by atoms with van der Waals surface area (Å²) >= 11 is 1.56. The van der Waals surface area contributed by atoms with Crippen molar-refractivity contribution in [2.45, 2.75) is 51.0 Å². The Morgan fingerprint density at radius 2 is 2.17 bits per heavy atom. The van der Waals surface area contributed by atoms with Crippen molar-refractivity contribution in [3.8, 4) is 6.07 Å². The summed E-state index contributed by atoms with van der Waals surface area (Å²) in [6, 6.07) is 2.29. The lowest BCUT2D eigenvalue weighted by atomic mass is 10.1. The zero-order chi connectivity index (χ0) is 17.1. The van der Waals surface area contributed by atoms with Crippen molar-refractivity contribution < 1.29 is 9.90 Å². The van der Waals surface area contributed by atoms with Crippen LogP contribution < -0.4 is 5.32 Å². The van der Waals surface area contributed by atoms with E-state index in [1.165, 1.54) is 11.3 Å². The van der Waals surface area contributed by atoms with Crippen LogP contribution in [0, 0.1) is 17.2 Å². The Balaban J connectivity index is 1.60. The normalized spacial score (nSPS) is 18.6. The van der Waals surface area contributed by atoms with Gasteiger partial charge in [0.05, 0.1) is 18.2 Å². The number of fused-ring (bicyclic) bond motifs is 1. The Kier molecular flexibility index (Phi) is 5.54. The van der Waals surface area contributed by atoms with E-state index >= 15 is 0 Å². The van der Waals surface area contributed by atoms with Gasteiger partial charge in [-0.3, -0.25) is 9.69 Å². The van der Waals surface area contributed by atoms with Crippen molar-refractivity contribution in [3.05, 3.63) is 16.0 Å². The van der Waals surface area contributed by atoms with Crippen LogP contribution in [0.2, 0.25) is 0 Å². The maximum Gasteiger partial charge on any atom is 0.239 e. The first-order valence-electron chi connectivity index (χ1n) is 8.79. The quantitative estimate of drug-likeness (QED) is 0.775. The minimum atomic E-state index is -0.338. The van der Waals surface area contributed by atoms with Gasteiger partial charge in [-0.05, 0) is 57.1 Å². The minimum Gasteiger partial charge on any atom is -0.392 e. The van der Waals surface area contributed by atoms with Crippen LogP contribution in [-0.4, -0.2) is 42.2 Å². The van der Waals surface area contributed by atoms with E-state index in [1.807, 2.05) is 11.9 Å². The Labute approximate surface area is 147 Å². The van der Waals surface area contributed by atoms with Gasteiger partial charge in [-0.25, -0.2) is 0 Å². The second-order valence-corrected chi connectivity index (χ2v) is 8.14. The lowest BCUT2D eigenvalue weighted by Gasteiger charge is -2.19. The van der Waals surface area contributed by atoms with Gasteiger partial charge in [0.1, 0.15) is 11.1 Å². The van der Waals surface area contributed by atoms with Crippen molar-refractivity contribution >= 4 is 22.2 Å². The fourth-order valence-corrected chi connectivity index (χ4v) is 4.63. The smallest absolute Gasteiger partial charge is 0.239 e. The number of nitrogens with zero attached hydrogens (tertiary/aromatic N) is 2. The molecule has 0 bridgehead atoms. The van der Waals surface area contributed by atoms with Gasteiger partial charge >= 0.3 is 0 Å². The number of aliphatic hydroxyl groups is 1. The molecule has 6 heteroatoms. The molecule has 2 aliphatic carbocycles. The van der Waals surface area contributed by atoms with Crippen molar-refractivity contribution in [1.29, 1.82) is 5.26 Å². The van der Waals surface area contributed by atoms with E-state index in [9.17, 15) is 15.2 Å². The molecule has 0 aliphatic heterocycles. The van der Waals surface area contributed by atoms with Crippen molar-refractivity contribution in [1.82, 2.24) is 4.90 Å². The predicted molar refractivity (Wildman–Crippen MR) is 95.2 cm³/mol. The van der Waals surface area contributed by atoms with Crippen molar-refractivity contribution in [3.63, 3.8) is 0 Å². The molecule has 1 fully saturated rings. The first-order valence-corrected chi connectivity index (χ1v) is 9.61. The molecule has 2 aliphatic rings. The molecule has 3 rings (SSSR count). The zero-order valence-corrected chi connectivity index (χ0v) is 15.0. The largest absolute Gasteiger partial charge is 0.392 e. The molecular weight excluding hydrogens is 322 g/mol. The topological polar surface area (TPSA) is 76.4 Å². The first-order chi connectivity index (χ1) is 11.6. The molecular formula is C18H25N3O2S. The minimum absolute atomic E-state index is 0.117. The third-order valence-corrected chi connectivity index (χ3v) is 6.07. The number of nitrogens with one attached hydrogen (secondary N) is 1. The third-order valence-electron chi connectivity index (χ3n) is 4.86. The zero-order valence-electron chi connectivity index (χ0n) is 14.2. The van der Waals surface area contributed by atoms with E-state index < -0.39 is 0 Å². The third kappa shape index (κ3) is 4.15. The molecule has 2 N–H and O–H groups in total. The SMILES string of the molecule is CN(CC(=O)Nc1sc2c(c1C#N)CCCCC2)CC(O)C1CC1. The molecule has 1 aromatic rings. The predicted octanol–water partition coefficient (Wildman–Crippen LogP) is 2.53. The Hall–Kier alpha value is -1.42. The van der Waals surface area contributed by atoms with E-state index in [1.54, 1.807) is 11.3 Å². The molecule has 0 aromatic carbocycles. The Morgan fingerprint density at radius 3 is 2.88 bits per heavy atom. The second-order valence-electron chi connectivity index (χ2n) is 7.03. The summed E-state index contributed by atoms with van der Waals surface area (Å²) < 4.78 is 0. The molecule has 1 saturated carbocycles. The maximum atomic E-state index is 12.3. The Bertz CT molecular complexity index is 645. The van der Waals surface area contributed by atoms with Crippen LogP contribution in [0.4, 0.5) is 5.00 Å². The fourth-order valence-electron chi connectivity index (χ4n) is 3.37. The van der Waals surface area contributed by atoms with E-state index in [0.29, 0.717) is 23.0 Å². The highest BCUT2D eigenvalue weighted by Crippen LogP contribution is 2.37. The number of carbonyl (C=O) groups excluding carboxylic acids is 1. The molecule has 1 aromatic heterocycles. The van der Waals surface area contributed by atoms with E-state index in [2.05, 4.69) is 11.4 Å². The molecule has 1 atom stereocenters. The van der Waals surface area contributed by atoms with Gasteiger partial charge in [-0.2, -0.15) is 5.26 Å². The fraction of sp³-hybridized carbons (Fsp3) is 0.667. The van der Waals surface area contributed by atoms with Crippen LogP contribution in [0.15, 0.2) is 0 Å². The summed E-state index contributed by atoms with van der Waals surface area (Å²) in [6.07, 6.45) is 7.29. The number of likely N-dealkylation sites (N-methyl/N-ethyl adjacent to an activating group) is 1. The van der Waals surface area contributed by atoms with Crippen LogP contribution in [0.1, 0.15) is 48.1 Å². The Morgan fingerprint density at radius 1 is 1.42 bits per heavy atom. The maximum absolute atomic E-state index is 12.3. The number of anilines is 1. The van der Waals surface area contributed by atoms with Gasteiger partial charge in [0.15, 0.2) is 0 Å². The summed E-state index contributed by atoms with van der Waals surface area (Å²) in [5.41, 5.74) is 1.80. The number of hydrogen-bond acceptors (Lipinski definition) is 5. The number of rotatable bonds is 6. The number of aryl methyl sites for hydroxylation is 1. The number of nitriles is 1. The van der Waals surface area contributed by atoms with Crippen LogP contribution in [0.3, 0.4) is 0 Å².